The normalized spacial score (nSPS) is 12.9. The minimum atomic E-state index is -1.00. The predicted molar refractivity (Wildman–Crippen MR) is 67.0 cm³/mol. The summed E-state index contributed by atoms with van der Waals surface area (Å²) < 4.78 is 0. The third kappa shape index (κ3) is 4.63. The molecule has 0 heterocycles. The van der Waals surface area contributed by atoms with Crippen LogP contribution in [0.4, 0.5) is 4.79 Å². The molecule has 0 radical (unpaired) electrons. The fraction of sp³-hybridized carbons (Fsp3) is 0.833. The van der Waals surface area contributed by atoms with Crippen molar-refractivity contribution >= 4 is 12.0 Å². The van der Waals surface area contributed by atoms with Crippen LogP contribution in [0.1, 0.15) is 53.4 Å². The van der Waals surface area contributed by atoms with Gasteiger partial charge in [-0.25, -0.2) is 9.59 Å². The van der Waals surface area contributed by atoms with Crippen molar-refractivity contribution in [2.24, 2.45) is 0 Å². The summed E-state index contributed by atoms with van der Waals surface area (Å²) in [7, 11) is 0. The first-order valence-corrected chi connectivity index (χ1v) is 6.26. The van der Waals surface area contributed by atoms with Crippen LogP contribution < -0.4 is 10.6 Å². The van der Waals surface area contributed by atoms with Crippen LogP contribution in [0, 0.1) is 0 Å². The van der Waals surface area contributed by atoms with Gasteiger partial charge in [0.15, 0.2) is 0 Å². The van der Waals surface area contributed by atoms with Crippen molar-refractivity contribution < 1.29 is 14.7 Å². The summed E-state index contributed by atoms with van der Waals surface area (Å²) in [6.07, 6.45) is 2.87. The molecule has 0 aromatic rings. The molecule has 0 fully saturated rings. The van der Waals surface area contributed by atoms with Gasteiger partial charge in [-0.3, -0.25) is 0 Å². The first kappa shape index (κ1) is 15.7. The molecule has 17 heavy (non-hydrogen) atoms. The maximum absolute atomic E-state index is 11.7. The maximum atomic E-state index is 11.7. The van der Waals surface area contributed by atoms with Crippen molar-refractivity contribution in [3.63, 3.8) is 0 Å². The van der Waals surface area contributed by atoms with Gasteiger partial charge < -0.3 is 15.7 Å². The number of amides is 2. The van der Waals surface area contributed by atoms with Crippen LogP contribution in [0.25, 0.3) is 0 Å². The third-order valence-corrected chi connectivity index (χ3v) is 3.42. The highest BCUT2D eigenvalue weighted by molar-refractivity contribution is 5.82. The molecule has 3 N–H and O–H groups in total. The monoisotopic (exact) mass is 244 g/mol. The molecule has 0 saturated carbocycles. The minimum Gasteiger partial charge on any atom is -0.480 e. The number of urea groups is 1. The molecule has 0 rings (SSSR count). The number of hydrogen-bond acceptors (Lipinski definition) is 2. The summed E-state index contributed by atoms with van der Waals surface area (Å²) in [6.45, 7) is 7.77. The Morgan fingerprint density at radius 2 is 1.59 bits per heavy atom. The second-order valence-corrected chi connectivity index (χ2v) is 4.24. The molecule has 0 aliphatic rings. The van der Waals surface area contributed by atoms with Crippen molar-refractivity contribution in [3.8, 4) is 0 Å². The lowest BCUT2D eigenvalue weighted by Crippen LogP contribution is -2.54. The fourth-order valence-electron chi connectivity index (χ4n) is 1.79. The molecule has 5 heteroatoms. The molecular weight excluding hydrogens is 220 g/mol. The molecule has 2 amide bonds. The Hall–Kier alpha value is -1.26. The number of rotatable bonds is 7. The summed E-state index contributed by atoms with van der Waals surface area (Å²) in [5.41, 5.74) is -0.235. The average Bonchev–Trinajstić information content (AvgIpc) is 2.32. The molecule has 5 nitrogen and oxygen atoms in total. The third-order valence-electron chi connectivity index (χ3n) is 3.42. The number of hydrogen-bond donors (Lipinski definition) is 3. The summed E-state index contributed by atoms with van der Waals surface area (Å²) in [5.74, 6) is -1.00. The number of aliphatic carboxylic acids is 1. The molecule has 0 saturated heterocycles. The van der Waals surface area contributed by atoms with Crippen molar-refractivity contribution in [2.45, 2.75) is 65.0 Å². The van der Waals surface area contributed by atoms with Gasteiger partial charge in [-0.2, -0.15) is 0 Å². The van der Waals surface area contributed by atoms with Gasteiger partial charge in [0.2, 0.25) is 0 Å². The van der Waals surface area contributed by atoms with Gasteiger partial charge in [0.05, 0.1) is 0 Å². The predicted octanol–water partition coefficient (Wildman–Crippen LogP) is 2.12. The Kier molecular flexibility index (Phi) is 6.61. The van der Waals surface area contributed by atoms with E-state index in [0.717, 1.165) is 19.3 Å². The second kappa shape index (κ2) is 7.14. The number of nitrogens with one attached hydrogen (secondary N) is 2. The fourth-order valence-corrected chi connectivity index (χ4v) is 1.79. The Labute approximate surface area is 103 Å². The highest BCUT2D eigenvalue weighted by atomic mass is 16.4. The quantitative estimate of drug-likeness (QED) is 0.642. The lowest BCUT2D eigenvalue weighted by molar-refractivity contribution is -0.139. The van der Waals surface area contributed by atoms with E-state index >= 15 is 0 Å². The Morgan fingerprint density at radius 3 is 1.88 bits per heavy atom. The largest absolute Gasteiger partial charge is 0.480 e. The molecule has 0 aliphatic heterocycles. The Balaban J connectivity index is 4.47. The number of carboxylic acid groups (broad SMARTS) is 1. The summed E-state index contributed by atoms with van der Waals surface area (Å²) in [5, 5.41) is 14.2. The van der Waals surface area contributed by atoms with E-state index in [4.69, 9.17) is 5.11 Å². The summed E-state index contributed by atoms with van der Waals surface area (Å²) in [4.78, 5) is 22.5. The van der Waals surface area contributed by atoms with Crippen molar-refractivity contribution in [3.05, 3.63) is 0 Å². The van der Waals surface area contributed by atoms with Gasteiger partial charge >= 0.3 is 12.0 Å². The van der Waals surface area contributed by atoms with Crippen molar-refractivity contribution in [1.82, 2.24) is 10.6 Å². The molecule has 0 unspecified atom stereocenters. The van der Waals surface area contributed by atoms with E-state index in [1.165, 1.54) is 0 Å². The molecular formula is C12H24N2O3. The highest BCUT2D eigenvalue weighted by Gasteiger charge is 2.27. The van der Waals surface area contributed by atoms with Crippen LogP contribution in [0.15, 0.2) is 0 Å². The van der Waals surface area contributed by atoms with Gasteiger partial charge in [0.1, 0.15) is 6.04 Å². The topological polar surface area (TPSA) is 78.4 Å². The van der Waals surface area contributed by atoms with Crippen molar-refractivity contribution in [2.75, 3.05) is 0 Å². The van der Waals surface area contributed by atoms with Crippen LogP contribution in [0.2, 0.25) is 0 Å². The van der Waals surface area contributed by atoms with E-state index in [0.29, 0.717) is 6.42 Å². The zero-order chi connectivity index (χ0) is 13.5. The van der Waals surface area contributed by atoms with Crippen LogP contribution in [-0.4, -0.2) is 28.7 Å². The molecule has 0 bridgehead atoms. The lowest BCUT2D eigenvalue weighted by Gasteiger charge is -2.32. The van der Waals surface area contributed by atoms with E-state index in [-0.39, 0.29) is 5.54 Å². The summed E-state index contributed by atoms with van der Waals surface area (Å²) >= 11 is 0. The molecule has 0 aromatic heterocycles. The van der Waals surface area contributed by atoms with Gasteiger partial charge in [-0.1, -0.05) is 27.7 Å². The molecule has 0 spiro atoms. The van der Waals surface area contributed by atoms with Crippen LogP contribution in [-0.2, 0) is 4.79 Å². The van der Waals surface area contributed by atoms with Crippen molar-refractivity contribution in [1.29, 1.82) is 0 Å². The Morgan fingerprint density at radius 1 is 1.12 bits per heavy atom. The molecule has 0 aromatic carbocycles. The first-order chi connectivity index (χ1) is 7.94. The van der Waals surface area contributed by atoms with Crippen LogP contribution in [0.3, 0.4) is 0 Å². The van der Waals surface area contributed by atoms with E-state index in [1.807, 2.05) is 20.8 Å². The van der Waals surface area contributed by atoms with Crippen LogP contribution in [0.5, 0.6) is 0 Å². The van der Waals surface area contributed by atoms with Gasteiger partial charge in [0, 0.05) is 5.54 Å². The van der Waals surface area contributed by atoms with Gasteiger partial charge in [-0.05, 0) is 25.7 Å². The molecule has 0 aliphatic carbocycles. The lowest BCUT2D eigenvalue weighted by atomic mass is 9.90. The smallest absolute Gasteiger partial charge is 0.326 e. The number of carbonyl (C=O) groups excluding carboxylic acids is 1. The average molecular weight is 244 g/mol. The minimum absolute atomic E-state index is 0.235. The zero-order valence-electron chi connectivity index (χ0n) is 11.2. The van der Waals surface area contributed by atoms with E-state index in [2.05, 4.69) is 10.6 Å². The van der Waals surface area contributed by atoms with E-state index in [1.54, 1.807) is 6.92 Å². The first-order valence-electron chi connectivity index (χ1n) is 6.26. The number of carboxylic acids is 1. The molecule has 100 valence electrons. The van der Waals surface area contributed by atoms with E-state index < -0.39 is 18.0 Å². The van der Waals surface area contributed by atoms with E-state index in [9.17, 15) is 9.59 Å². The van der Waals surface area contributed by atoms with Gasteiger partial charge in [0.25, 0.3) is 0 Å². The maximum Gasteiger partial charge on any atom is 0.326 e. The van der Waals surface area contributed by atoms with Gasteiger partial charge in [-0.15, -0.1) is 0 Å². The molecule has 1 atom stereocenters. The SMILES string of the molecule is CC[C@H](NC(=O)NC(CC)(CC)CC)C(=O)O. The Bertz CT molecular complexity index is 254. The van der Waals surface area contributed by atoms with Crippen LogP contribution >= 0.6 is 0 Å². The standard InChI is InChI=1S/C12H24N2O3/c1-5-9(10(15)16)13-11(17)14-12(6-2,7-3)8-4/h9H,5-8H2,1-4H3,(H,15,16)(H2,13,14,17)/t9-/m0/s1. The second-order valence-electron chi connectivity index (χ2n) is 4.24. The number of carbonyl (C=O) groups is 2. The summed E-state index contributed by atoms with van der Waals surface area (Å²) in [6, 6.07) is -1.22. The zero-order valence-corrected chi connectivity index (χ0v) is 11.2. The highest BCUT2D eigenvalue weighted by Crippen LogP contribution is 2.18.